The lowest BCUT2D eigenvalue weighted by Gasteiger charge is -2.31. The summed E-state index contributed by atoms with van der Waals surface area (Å²) < 4.78 is 28.7. The number of carbonyl (C=O) groups is 2. The Balaban J connectivity index is 1.80. The van der Waals surface area contributed by atoms with Gasteiger partial charge in [-0.1, -0.05) is 44.5 Å². The van der Waals surface area contributed by atoms with Crippen LogP contribution in [0.4, 0.5) is 8.78 Å². The van der Waals surface area contributed by atoms with Crippen LogP contribution in [-0.2, 0) is 12.8 Å². The average molecular weight is 606 g/mol. The van der Waals surface area contributed by atoms with Gasteiger partial charge < -0.3 is 21.1 Å². The van der Waals surface area contributed by atoms with E-state index < -0.39 is 29.6 Å². The third-order valence-corrected chi connectivity index (χ3v) is 8.50. The molecule has 3 atom stereocenters. The third-order valence-electron chi connectivity index (χ3n) is 8.50. The molecule has 0 saturated carbocycles. The first-order valence-electron chi connectivity index (χ1n) is 15.8. The Morgan fingerprint density at radius 2 is 1.66 bits per heavy atom. The SMILES string of the molecule is CCCN(CCC)C(=O)c1cc(C)cc(C(N)=O)c1[C@H](Cc1cc(F)cc(F)c1)[C@@H](O)CNC1CCCCc2ccccc21. The number of nitrogens with zero attached hydrogens (tertiary/aromatic N) is 1. The molecular weight excluding hydrogens is 560 g/mol. The Morgan fingerprint density at radius 1 is 1.00 bits per heavy atom. The molecule has 236 valence electrons. The van der Waals surface area contributed by atoms with Crippen LogP contribution in [0, 0.1) is 18.6 Å². The number of aliphatic hydroxyl groups is 1. The maximum absolute atomic E-state index is 14.3. The molecule has 1 aliphatic carbocycles. The fraction of sp³-hybridized carbons (Fsp3) is 0.444. The first kappa shape index (κ1) is 33.3. The number of hydrogen-bond acceptors (Lipinski definition) is 4. The number of halogens is 2. The Labute approximate surface area is 259 Å². The molecule has 44 heavy (non-hydrogen) atoms. The number of carbonyl (C=O) groups excluding carboxylic acids is 2. The van der Waals surface area contributed by atoms with E-state index in [9.17, 15) is 23.5 Å². The molecular formula is C36H45F2N3O3. The molecule has 0 bridgehead atoms. The number of hydrogen-bond donors (Lipinski definition) is 3. The van der Waals surface area contributed by atoms with Crippen molar-refractivity contribution in [3.8, 4) is 0 Å². The lowest BCUT2D eigenvalue weighted by Crippen LogP contribution is -2.38. The molecule has 0 aliphatic heterocycles. The summed E-state index contributed by atoms with van der Waals surface area (Å²) in [6, 6.07) is 14.9. The molecule has 0 fully saturated rings. The Bertz CT molecular complexity index is 1430. The van der Waals surface area contributed by atoms with Gasteiger partial charge >= 0.3 is 0 Å². The van der Waals surface area contributed by atoms with E-state index in [0.29, 0.717) is 29.8 Å². The molecule has 0 aromatic heterocycles. The van der Waals surface area contributed by atoms with E-state index in [1.165, 1.54) is 23.3 Å². The van der Waals surface area contributed by atoms with Crippen LogP contribution in [0.1, 0.15) is 106 Å². The van der Waals surface area contributed by atoms with Gasteiger partial charge in [-0.25, -0.2) is 8.78 Å². The highest BCUT2D eigenvalue weighted by atomic mass is 19.1. The largest absolute Gasteiger partial charge is 0.391 e. The Hall–Kier alpha value is -3.62. The van der Waals surface area contributed by atoms with Gasteiger partial charge in [0.05, 0.1) is 6.10 Å². The number of benzene rings is 3. The van der Waals surface area contributed by atoms with E-state index in [0.717, 1.165) is 44.6 Å². The summed E-state index contributed by atoms with van der Waals surface area (Å²) in [5.74, 6) is -3.34. The summed E-state index contributed by atoms with van der Waals surface area (Å²) >= 11 is 0. The summed E-state index contributed by atoms with van der Waals surface area (Å²) in [5, 5.41) is 15.5. The van der Waals surface area contributed by atoms with Crippen LogP contribution in [0.2, 0.25) is 0 Å². The summed E-state index contributed by atoms with van der Waals surface area (Å²) in [6.07, 6.45) is 4.36. The van der Waals surface area contributed by atoms with Crippen LogP contribution in [0.15, 0.2) is 54.6 Å². The van der Waals surface area contributed by atoms with Crippen molar-refractivity contribution in [1.29, 1.82) is 0 Å². The maximum Gasteiger partial charge on any atom is 0.254 e. The van der Waals surface area contributed by atoms with Gasteiger partial charge in [0, 0.05) is 48.8 Å². The standard InChI is InChI=1S/C36H45F2N3O3/c1-4-14-41(15-5-2)36(44)31-17-23(3)16-30(35(39)43)34(31)29(20-24-18-26(37)21-27(38)19-24)33(42)22-40-32-13-9-7-11-25-10-6-8-12-28(25)32/h6,8,10,12,16-19,21,29,32-33,40,42H,4-5,7,9,11,13-15,20,22H2,1-3H3,(H2,39,43)/t29-,32?,33+/m1/s1. The highest BCUT2D eigenvalue weighted by molar-refractivity contribution is 6.02. The smallest absolute Gasteiger partial charge is 0.254 e. The zero-order chi connectivity index (χ0) is 31.8. The second kappa shape index (κ2) is 15.4. The number of primary amides is 1. The monoisotopic (exact) mass is 605 g/mol. The lowest BCUT2D eigenvalue weighted by molar-refractivity contribution is 0.0751. The van der Waals surface area contributed by atoms with Crippen molar-refractivity contribution in [3.05, 3.63) is 105 Å². The number of aryl methyl sites for hydroxylation is 2. The summed E-state index contributed by atoms with van der Waals surface area (Å²) in [6.45, 7) is 6.95. The summed E-state index contributed by atoms with van der Waals surface area (Å²) in [5.41, 5.74) is 10.1. The fourth-order valence-electron chi connectivity index (χ4n) is 6.55. The topological polar surface area (TPSA) is 95.7 Å². The fourth-order valence-corrected chi connectivity index (χ4v) is 6.55. The van der Waals surface area contributed by atoms with E-state index in [2.05, 4.69) is 17.4 Å². The number of rotatable bonds is 13. The molecule has 3 aromatic rings. The highest BCUT2D eigenvalue weighted by Gasteiger charge is 2.33. The van der Waals surface area contributed by atoms with Gasteiger partial charge in [-0.3, -0.25) is 9.59 Å². The molecule has 6 nitrogen and oxygen atoms in total. The van der Waals surface area contributed by atoms with Crippen LogP contribution in [0.5, 0.6) is 0 Å². The first-order chi connectivity index (χ1) is 21.1. The second-order valence-electron chi connectivity index (χ2n) is 12.0. The predicted molar refractivity (Wildman–Crippen MR) is 170 cm³/mol. The Kier molecular flexibility index (Phi) is 11.6. The van der Waals surface area contributed by atoms with Gasteiger partial charge in [0.25, 0.3) is 5.91 Å². The zero-order valence-corrected chi connectivity index (χ0v) is 26.0. The van der Waals surface area contributed by atoms with Crippen molar-refractivity contribution >= 4 is 11.8 Å². The average Bonchev–Trinajstić information content (AvgIpc) is 3.19. The minimum Gasteiger partial charge on any atom is -0.391 e. The van der Waals surface area contributed by atoms with E-state index in [1.807, 2.05) is 26.0 Å². The maximum atomic E-state index is 14.3. The molecule has 2 amide bonds. The van der Waals surface area contributed by atoms with E-state index in [1.54, 1.807) is 24.0 Å². The Morgan fingerprint density at radius 3 is 2.32 bits per heavy atom. The molecule has 1 aliphatic rings. The first-order valence-corrected chi connectivity index (χ1v) is 15.8. The van der Waals surface area contributed by atoms with Crippen molar-refractivity contribution < 1.29 is 23.5 Å². The van der Waals surface area contributed by atoms with Gasteiger partial charge in [0.15, 0.2) is 0 Å². The third kappa shape index (κ3) is 8.10. The molecule has 0 heterocycles. The van der Waals surface area contributed by atoms with Crippen LogP contribution in [0.25, 0.3) is 0 Å². The zero-order valence-electron chi connectivity index (χ0n) is 26.0. The van der Waals surface area contributed by atoms with Crippen LogP contribution >= 0.6 is 0 Å². The minimum absolute atomic E-state index is 0.00921. The molecule has 3 aromatic carbocycles. The number of nitrogens with two attached hydrogens (primary N) is 1. The molecule has 4 rings (SSSR count). The van der Waals surface area contributed by atoms with Gasteiger partial charge in [0.1, 0.15) is 11.6 Å². The van der Waals surface area contributed by atoms with Crippen LogP contribution in [0.3, 0.4) is 0 Å². The van der Waals surface area contributed by atoms with Crippen molar-refractivity contribution in [3.63, 3.8) is 0 Å². The summed E-state index contributed by atoms with van der Waals surface area (Å²) in [4.78, 5) is 28.8. The number of fused-ring (bicyclic) bond motifs is 1. The van der Waals surface area contributed by atoms with Gasteiger partial charge in [-0.2, -0.15) is 0 Å². The van der Waals surface area contributed by atoms with Crippen LogP contribution < -0.4 is 11.1 Å². The van der Waals surface area contributed by atoms with Gasteiger partial charge in [0.2, 0.25) is 5.91 Å². The minimum atomic E-state index is -1.12. The van der Waals surface area contributed by atoms with Crippen LogP contribution in [-0.4, -0.2) is 47.6 Å². The molecule has 4 N–H and O–H groups in total. The van der Waals surface area contributed by atoms with E-state index in [4.69, 9.17) is 5.73 Å². The second-order valence-corrected chi connectivity index (χ2v) is 12.0. The predicted octanol–water partition coefficient (Wildman–Crippen LogP) is 6.38. The molecule has 0 radical (unpaired) electrons. The number of nitrogens with one attached hydrogen (secondary N) is 1. The van der Waals surface area contributed by atoms with E-state index in [-0.39, 0.29) is 36.0 Å². The molecule has 0 spiro atoms. The van der Waals surface area contributed by atoms with Crippen molar-refractivity contribution in [1.82, 2.24) is 10.2 Å². The number of amides is 2. The quantitative estimate of drug-likeness (QED) is 0.197. The normalized spacial score (nSPS) is 16.1. The number of aliphatic hydroxyl groups excluding tert-OH is 1. The van der Waals surface area contributed by atoms with Gasteiger partial charge in [-0.05, 0) is 97.5 Å². The van der Waals surface area contributed by atoms with Crippen molar-refractivity contribution in [2.75, 3.05) is 19.6 Å². The highest BCUT2D eigenvalue weighted by Crippen LogP contribution is 2.34. The van der Waals surface area contributed by atoms with E-state index >= 15 is 0 Å². The molecule has 8 heteroatoms. The van der Waals surface area contributed by atoms with Gasteiger partial charge in [-0.15, -0.1) is 0 Å². The lowest BCUT2D eigenvalue weighted by atomic mass is 9.80. The van der Waals surface area contributed by atoms with Crippen molar-refractivity contribution in [2.24, 2.45) is 5.73 Å². The molecule has 0 saturated heterocycles. The summed E-state index contributed by atoms with van der Waals surface area (Å²) in [7, 11) is 0. The van der Waals surface area contributed by atoms with Crippen molar-refractivity contribution in [2.45, 2.75) is 83.8 Å². The molecule has 1 unspecified atom stereocenters.